The van der Waals surface area contributed by atoms with E-state index in [4.69, 9.17) is 14.3 Å². The molecule has 1 heterocycles. The molecule has 0 fully saturated rings. The fraction of sp³-hybridized carbons (Fsp3) is 0.214. The number of rotatable bonds is 5. The Bertz CT molecular complexity index is 703. The molecule has 7 heteroatoms. The van der Waals surface area contributed by atoms with Crippen LogP contribution < -0.4 is 4.74 Å². The first kappa shape index (κ1) is 14.6. The lowest BCUT2D eigenvalue weighted by molar-refractivity contribution is -0.385. The molecule has 0 amide bonds. The van der Waals surface area contributed by atoms with Gasteiger partial charge >= 0.3 is 5.97 Å². The molecule has 110 valence electrons. The Kier molecular flexibility index (Phi) is 3.93. The first-order chi connectivity index (χ1) is 9.90. The van der Waals surface area contributed by atoms with Crippen LogP contribution in [0.2, 0.25) is 0 Å². The summed E-state index contributed by atoms with van der Waals surface area (Å²) in [6.07, 6.45) is 0. The molecule has 0 aliphatic heterocycles. The van der Waals surface area contributed by atoms with Gasteiger partial charge in [-0.05, 0) is 26.0 Å². The Morgan fingerprint density at radius 3 is 2.71 bits per heavy atom. The Morgan fingerprint density at radius 1 is 1.43 bits per heavy atom. The maximum Gasteiger partial charge on any atom is 0.339 e. The van der Waals surface area contributed by atoms with E-state index in [1.807, 2.05) is 0 Å². The minimum atomic E-state index is -1.07. The standard InChI is InChI=1S/C14H13NO6/c1-8-12(15(18)19)4-3-5-13(8)20-7-10-6-11(14(16)17)9(2)21-10/h3-6H,7H2,1-2H3,(H,16,17). The van der Waals surface area contributed by atoms with Crippen LogP contribution >= 0.6 is 0 Å². The van der Waals surface area contributed by atoms with Crippen molar-refractivity contribution in [3.63, 3.8) is 0 Å². The van der Waals surface area contributed by atoms with Crippen LogP contribution in [0, 0.1) is 24.0 Å². The monoisotopic (exact) mass is 291 g/mol. The summed E-state index contributed by atoms with van der Waals surface area (Å²) in [7, 11) is 0. The van der Waals surface area contributed by atoms with Gasteiger partial charge in [0.2, 0.25) is 0 Å². The molecule has 2 aromatic rings. The third-order valence-corrected chi connectivity index (χ3v) is 3.02. The number of nitrogens with zero attached hydrogens (tertiary/aromatic N) is 1. The highest BCUT2D eigenvalue weighted by Gasteiger charge is 2.16. The molecule has 7 nitrogen and oxygen atoms in total. The summed E-state index contributed by atoms with van der Waals surface area (Å²) in [5.41, 5.74) is 0.447. The van der Waals surface area contributed by atoms with Gasteiger partial charge in [0.25, 0.3) is 5.69 Å². The fourth-order valence-corrected chi connectivity index (χ4v) is 1.93. The fourth-order valence-electron chi connectivity index (χ4n) is 1.93. The maximum absolute atomic E-state index is 10.9. The number of ether oxygens (including phenoxy) is 1. The van der Waals surface area contributed by atoms with Gasteiger partial charge in [-0.3, -0.25) is 10.1 Å². The lowest BCUT2D eigenvalue weighted by Crippen LogP contribution is -1.99. The van der Waals surface area contributed by atoms with Crippen molar-refractivity contribution >= 4 is 11.7 Å². The van der Waals surface area contributed by atoms with Crippen LogP contribution in [-0.4, -0.2) is 16.0 Å². The van der Waals surface area contributed by atoms with E-state index < -0.39 is 10.9 Å². The highest BCUT2D eigenvalue weighted by atomic mass is 16.6. The van der Waals surface area contributed by atoms with Gasteiger partial charge in [0.1, 0.15) is 29.4 Å². The van der Waals surface area contributed by atoms with E-state index in [-0.39, 0.29) is 23.6 Å². The zero-order valence-corrected chi connectivity index (χ0v) is 11.5. The summed E-state index contributed by atoms with van der Waals surface area (Å²) in [4.78, 5) is 21.3. The number of aryl methyl sites for hydroxylation is 1. The first-order valence-electron chi connectivity index (χ1n) is 6.09. The van der Waals surface area contributed by atoms with Crippen LogP contribution in [0.15, 0.2) is 28.7 Å². The second-order valence-electron chi connectivity index (χ2n) is 4.43. The largest absolute Gasteiger partial charge is 0.485 e. The normalized spacial score (nSPS) is 10.4. The Labute approximate surface area is 119 Å². The van der Waals surface area contributed by atoms with Gasteiger partial charge in [-0.25, -0.2) is 4.79 Å². The minimum Gasteiger partial charge on any atom is -0.485 e. The third-order valence-electron chi connectivity index (χ3n) is 3.02. The second-order valence-corrected chi connectivity index (χ2v) is 4.43. The van der Waals surface area contributed by atoms with E-state index in [0.29, 0.717) is 17.1 Å². The third kappa shape index (κ3) is 3.02. The molecule has 1 N–H and O–H groups in total. The summed E-state index contributed by atoms with van der Waals surface area (Å²) < 4.78 is 10.7. The van der Waals surface area contributed by atoms with Crippen molar-refractivity contribution in [1.29, 1.82) is 0 Å². The Hall–Kier alpha value is -2.83. The quantitative estimate of drug-likeness (QED) is 0.670. The van der Waals surface area contributed by atoms with Crippen molar-refractivity contribution < 1.29 is 24.0 Å². The number of benzene rings is 1. The molecule has 0 saturated carbocycles. The number of hydrogen-bond acceptors (Lipinski definition) is 5. The number of carboxylic acids is 1. The molecule has 21 heavy (non-hydrogen) atoms. The van der Waals surface area contributed by atoms with Crippen LogP contribution in [0.3, 0.4) is 0 Å². The van der Waals surface area contributed by atoms with Crippen LogP contribution in [0.1, 0.15) is 27.4 Å². The van der Waals surface area contributed by atoms with E-state index in [2.05, 4.69) is 0 Å². The molecule has 0 aliphatic carbocycles. The number of nitro groups is 1. The van der Waals surface area contributed by atoms with Gasteiger partial charge in [-0.15, -0.1) is 0 Å². The molecule has 2 rings (SSSR count). The van der Waals surface area contributed by atoms with Gasteiger partial charge < -0.3 is 14.3 Å². The van der Waals surface area contributed by atoms with E-state index in [9.17, 15) is 14.9 Å². The van der Waals surface area contributed by atoms with Crippen molar-refractivity contribution in [3.05, 3.63) is 57.0 Å². The van der Waals surface area contributed by atoms with Crippen LogP contribution in [0.4, 0.5) is 5.69 Å². The van der Waals surface area contributed by atoms with E-state index in [1.54, 1.807) is 19.9 Å². The number of nitro benzene ring substituents is 1. The van der Waals surface area contributed by atoms with E-state index in [1.165, 1.54) is 18.2 Å². The topological polar surface area (TPSA) is 103 Å². The van der Waals surface area contributed by atoms with Gasteiger partial charge in [0.05, 0.1) is 10.5 Å². The number of furan rings is 1. The number of carboxylic acid groups (broad SMARTS) is 1. The molecule has 0 spiro atoms. The molecular formula is C14H13NO6. The van der Waals surface area contributed by atoms with Crippen LogP contribution in [0.5, 0.6) is 5.75 Å². The Balaban J connectivity index is 2.17. The lowest BCUT2D eigenvalue weighted by atomic mass is 10.2. The van der Waals surface area contributed by atoms with Gasteiger partial charge in [-0.1, -0.05) is 6.07 Å². The molecule has 0 aliphatic rings. The highest BCUT2D eigenvalue weighted by Crippen LogP contribution is 2.28. The SMILES string of the molecule is Cc1oc(COc2cccc([N+](=O)[O-])c2C)cc1C(=O)O. The van der Waals surface area contributed by atoms with E-state index in [0.717, 1.165) is 0 Å². The average molecular weight is 291 g/mol. The summed E-state index contributed by atoms with van der Waals surface area (Å²) >= 11 is 0. The zero-order valence-electron chi connectivity index (χ0n) is 11.5. The number of aromatic carboxylic acids is 1. The van der Waals surface area contributed by atoms with Crippen molar-refractivity contribution in [3.8, 4) is 5.75 Å². The minimum absolute atomic E-state index is 0.00384. The molecule has 0 radical (unpaired) electrons. The van der Waals surface area contributed by atoms with Crippen molar-refractivity contribution in [2.75, 3.05) is 0 Å². The van der Waals surface area contributed by atoms with E-state index >= 15 is 0 Å². The van der Waals surface area contributed by atoms with Gasteiger partial charge in [0.15, 0.2) is 0 Å². The molecule has 0 unspecified atom stereocenters. The number of hydrogen-bond donors (Lipinski definition) is 1. The van der Waals surface area contributed by atoms with Gasteiger partial charge in [-0.2, -0.15) is 0 Å². The first-order valence-corrected chi connectivity index (χ1v) is 6.09. The molecule has 0 atom stereocenters. The Morgan fingerprint density at radius 2 is 2.14 bits per heavy atom. The van der Waals surface area contributed by atoms with Crippen molar-refractivity contribution in [2.45, 2.75) is 20.5 Å². The summed E-state index contributed by atoms with van der Waals surface area (Å²) in [5.74, 6) is -0.0863. The summed E-state index contributed by atoms with van der Waals surface area (Å²) in [6.45, 7) is 3.13. The smallest absolute Gasteiger partial charge is 0.339 e. The lowest BCUT2D eigenvalue weighted by Gasteiger charge is -2.07. The predicted octanol–water partition coefficient (Wildman–Crippen LogP) is 3.08. The average Bonchev–Trinajstić information content (AvgIpc) is 2.78. The highest BCUT2D eigenvalue weighted by molar-refractivity contribution is 5.88. The molecule has 0 saturated heterocycles. The molecule has 0 bridgehead atoms. The summed E-state index contributed by atoms with van der Waals surface area (Å²) in [5, 5.41) is 19.8. The molecular weight excluding hydrogens is 278 g/mol. The van der Waals surface area contributed by atoms with Crippen molar-refractivity contribution in [2.24, 2.45) is 0 Å². The molecule has 1 aromatic heterocycles. The van der Waals surface area contributed by atoms with Crippen molar-refractivity contribution in [1.82, 2.24) is 0 Å². The number of carbonyl (C=O) groups is 1. The zero-order chi connectivity index (χ0) is 15.6. The van der Waals surface area contributed by atoms with Crippen LogP contribution in [-0.2, 0) is 6.61 Å². The van der Waals surface area contributed by atoms with Gasteiger partial charge in [0, 0.05) is 6.07 Å². The second kappa shape index (κ2) is 5.66. The predicted molar refractivity (Wildman–Crippen MR) is 72.6 cm³/mol. The molecule has 1 aromatic carbocycles. The maximum atomic E-state index is 10.9. The summed E-state index contributed by atoms with van der Waals surface area (Å²) in [6, 6.07) is 5.90. The van der Waals surface area contributed by atoms with Crippen LogP contribution in [0.25, 0.3) is 0 Å².